The number of rotatable bonds is 3. The summed E-state index contributed by atoms with van der Waals surface area (Å²) in [5.74, 6) is -0.657. The van der Waals surface area contributed by atoms with Crippen molar-refractivity contribution in [3.05, 3.63) is 64.7 Å². The van der Waals surface area contributed by atoms with E-state index in [4.69, 9.17) is 5.26 Å². The predicted octanol–water partition coefficient (Wildman–Crippen LogP) is 2.33. The standard InChI is InChI=1S/C15H12FN3O/c1-10-6-11(2-3-14(10)16)8-19-15(20)13-9-18-5-4-12(13)7-17/h2-6,9H,8H2,1H3,(H,19,20). The first-order valence-corrected chi connectivity index (χ1v) is 5.99. The maximum atomic E-state index is 13.1. The zero-order chi connectivity index (χ0) is 14.5. The zero-order valence-electron chi connectivity index (χ0n) is 10.9. The lowest BCUT2D eigenvalue weighted by atomic mass is 10.1. The summed E-state index contributed by atoms with van der Waals surface area (Å²) < 4.78 is 13.1. The van der Waals surface area contributed by atoms with Crippen LogP contribution >= 0.6 is 0 Å². The van der Waals surface area contributed by atoms with Crippen LogP contribution in [0.25, 0.3) is 0 Å². The number of hydrogen-bond acceptors (Lipinski definition) is 3. The number of nitrogens with one attached hydrogen (secondary N) is 1. The quantitative estimate of drug-likeness (QED) is 0.930. The van der Waals surface area contributed by atoms with Gasteiger partial charge in [0.15, 0.2) is 0 Å². The lowest BCUT2D eigenvalue weighted by molar-refractivity contribution is 0.0950. The summed E-state index contributed by atoms with van der Waals surface area (Å²) in [6.07, 6.45) is 2.81. The zero-order valence-corrected chi connectivity index (χ0v) is 10.9. The number of amides is 1. The van der Waals surface area contributed by atoms with E-state index in [1.807, 2.05) is 6.07 Å². The Kier molecular flexibility index (Phi) is 4.06. The van der Waals surface area contributed by atoms with E-state index in [1.54, 1.807) is 19.1 Å². The second-order valence-electron chi connectivity index (χ2n) is 4.30. The van der Waals surface area contributed by atoms with Crippen LogP contribution in [-0.4, -0.2) is 10.9 Å². The van der Waals surface area contributed by atoms with Gasteiger partial charge in [-0.3, -0.25) is 9.78 Å². The molecule has 2 rings (SSSR count). The molecule has 0 bridgehead atoms. The third kappa shape index (κ3) is 2.98. The van der Waals surface area contributed by atoms with Gasteiger partial charge in [0, 0.05) is 18.9 Å². The average molecular weight is 269 g/mol. The number of benzene rings is 1. The second-order valence-corrected chi connectivity index (χ2v) is 4.30. The number of nitriles is 1. The molecule has 1 amide bonds. The molecule has 0 fully saturated rings. The van der Waals surface area contributed by atoms with Gasteiger partial charge in [-0.25, -0.2) is 4.39 Å². The number of aromatic nitrogens is 1. The number of hydrogen-bond donors (Lipinski definition) is 1. The van der Waals surface area contributed by atoms with Gasteiger partial charge in [0.25, 0.3) is 5.91 Å². The van der Waals surface area contributed by atoms with Crippen molar-refractivity contribution >= 4 is 5.91 Å². The van der Waals surface area contributed by atoms with E-state index >= 15 is 0 Å². The monoisotopic (exact) mass is 269 g/mol. The van der Waals surface area contributed by atoms with E-state index in [1.165, 1.54) is 24.5 Å². The highest BCUT2D eigenvalue weighted by Crippen LogP contribution is 2.10. The molecule has 0 saturated carbocycles. The largest absolute Gasteiger partial charge is 0.348 e. The van der Waals surface area contributed by atoms with E-state index < -0.39 is 0 Å². The lowest BCUT2D eigenvalue weighted by Crippen LogP contribution is -2.24. The Balaban J connectivity index is 2.09. The molecule has 100 valence electrons. The number of nitrogens with zero attached hydrogens (tertiary/aromatic N) is 2. The molecular formula is C15H12FN3O. The molecule has 0 unspecified atom stereocenters. The van der Waals surface area contributed by atoms with Crippen molar-refractivity contribution in [3.8, 4) is 6.07 Å². The maximum absolute atomic E-state index is 13.1. The Labute approximate surface area is 115 Å². The van der Waals surface area contributed by atoms with Crippen LogP contribution in [0.2, 0.25) is 0 Å². The topological polar surface area (TPSA) is 65.8 Å². The molecule has 0 radical (unpaired) electrons. The van der Waals surface area contributed by atoms with Crippen molar-refractivity contribution in [1.29, 1.82) is 5.26 Å². The Hall–Kier alpha value is -2.74. The molecule has 0 atom stereocenters. The van der Waals surface area contributed by atoms with E-state index in [0.717, 1.165) is 5.56 Å². The van der Waals surface area contributed by atoms with Gasteiger partial charge >= 0.3 is 0 Å². The molecule has 1 aromatic carbocycles. The fraction of sp³-hybridized carbons (Fsp3) is 0.133. The first-order chi connectivity index (χ1) is 9.61. The summed E-state index contributed by atoms with van der Waals surface area (Å²) in [6, 6.07) is 8.07. The third-order valence-corrected chi connectivity index (χ3v) is 2.86. The van der Waals surface area contributed by atoms with Gasteiger partial charge in [-0.1, -0.05) is 12.1 Å². The van der Waals surface area contributed by atoms with Gasteiger partial charge in [-0.15, -0.1) is 0 Å². The minimum absolute atomic E-state index is 0.230. The molecule has 20 heavy (non-hydrogen) atoms. The highest BCUT2D eigenvalue weighted by Gasteiger charge is 2.11. The van der Waals surface area contributed by atoms with Crippen LogP contribution in [0.3, 0.4) is 0 Å². The number of halogens is 1. The smallest absolute Gasteiger partial charge is 0.254 e. The fourth-order valence-electron chi connectivity index (χ4n) is 1.77. The van der Waals surface area contributed by atoms with Crippen LogP contribution in [0.5, 0.6) is 0 Å². The van der Waals surface area contributed by atoms with E-state index in [9.17, 15) is 9.18 Å². The third-order valence-electron chi connectivity index (χ3n) is 2.86. The Morgan fingerprint density at radius 2 is 2.25 bits per heavy atom. The Morgan fingerprint density at radius 3 is 2.95 bits per heavy atom. The molecule has 0 aliphatic heterocycles. The summed E-state index contributed by atoms with van der Waals surface area (Å²) >= 11 is 0. The summed E-state index contributed by atoms with van der Waals surface area (Å²) in [7, 11) is 0. The molecule has 4 nitrogen and oxygen atoms in total. The highest BCUT2D eigenvalue weighted by atomic mass is 19.1. The van der Waals surface area contributed by atoms with Crippen LogP contribution in [-0.2, 0) is 6.54 Å². The normalized spacial score (nSPS) is 9.85. The van der Waals surface area contributed by atoms with Crippen molar-refractivity contribution in [2.75, 3.05) is 0 Å². The first kappa shape index (κ1) is 13.7. The van der Waals surface area contributed by atoms with Gasteiger partial charge in [0.1, 0.15) is 11.9 Å². The molecule has 5 heteroatoms. The van der Waals surface area contributed by atoms with Crippen molar-refractivity contribution in [2.24, 2.45) is 0 Å². The average Bonchev–Trinajstić information content (AvgIpc) is 2.48. The molecule has 1 N–H and O–H groups in total. The van der Waals surface area contributed by atoms with Gasteiger partial charge in [-0.2, -0.15) is 5.26 Å². The van der Waals surface area contributed by atoms with Crippen LogP contribution in [0.1, 0.15) is 27.0 Å². The summed E-state index contributed by atoms with van der Waals surface area (Å²) in [5.41, 5.74) is 1.82. The number of pyridine rings is 1. The van der Waals surface area contributed by atoms with Gasteiger partial charge in [0.2, 0.25) is 0 Å². The molecule has 2 aromatic rings. The predicted molar refractivity (Wildman–Crippen MR) is 71.3 cm³/mol. The van der Waals surface area contributed by atoms with Crippen molar-refractivity contribution in [2.45, 2.75) is 13.5 Å². The summed E-state index contributed by atoms with van der Waals surface area (Å²) in [6.45, 7) is 1.93. The first-order valence-electron chi connectivity index (χ1n) is 5.99. The lowest BCUT2D eigenvalue weighted by Gasteiger charge is -2.07. The number of carbonyl (C=O) groups excluding carboxylic acids is 1. The fourth-order valence-corrected chi connectivity index (χ4v) is 1.77. The highest BCUT2D eigenvalue weighted by molar-refractivity contribution is 5.96. The molecular weight excluding hydrogens is 257 g/mol. The summed E-state index contributed by atoms with van der Waals surface area (Å²) in [5, 5.41) is 11.6. The molecule has 0 saturated heterocycles. The van der Waals surface area contributed by atoms with E-state index in [2.05, 4.69) is 10.3 Å². The van der Waals surface area contributed by atoms with Crippen LogP contribution in [0.15, 0.2) is 36.7 Å². The Bertz CT molecular complexity index is 692. The van der Waals surface area contributed by atoms with Crippen LogP contribution < -0.4 is 5.32 Å². The number of aryl methyl sites for hydroxylation is 1. The minimum atomic E-state index is -0.378. The molecule has 1 heterocycles. The molecule has 1 aromatic heterocycles. The van der Waals surface area contributed by atoms with Gasteiger partial charge in [0.05, 0.1) is 11.1 Å². The molecule has 0 spiro atoms. The molecule has 0 aliphatic carbocycles. The van der Waals surface area contributed by atoms with Crippen molar-refractivity contribution in [3.63, 3.8) is 0 Å². The Morgan fingerprint density at radius 1 is 1.45 bits per heavy atom. The molecule has 0 aliphatic rings. The van der Waals surface area contributed by atoms with E-state index in [-0.39, 0.29) is 29.4 Å². The van der Waals surface area contributed by atoms with Crippen molar-refractivity contribution in [1.82, 2.24) is 10.3 Å². The van der Waals surface area contributed by atoms with E-state index in [0.29, 0.717) is 5.56 Å². The van der Waals surface area contributed by atoms with Crippen LogP contribution in [0, 0.1) is 24.1 Å². The van der Waals surface area contributed by atoms with Crippen molar-refractivity contribution < 1.29 is 9.18 Å². The van der Waals surface area contributed by atoms with Gasteiger partial charge < -0.3 is 5.32 Å². The SMILES string of the molecule is Cc1cc(CNC(=O)c2cnccc2C#N)ccc1F. The maximum Gasteiger partial charge on any atom is 0.254 e. The van der Waals surface area contributed by atoms with Gasteiger partial charge in [-0.05, 0) is 30.2 Å². The summed E-state index contributed by atoms with van der Waals surface area (Å²) in [4.78, 5) is 15.8. The minimum Gasteiger partial charge on any atom is -0.348 e. The number of carbonyl (C=O) groups is 1. The van der Waals surface area contributed by atoms with Crippen LogP contribution in [0.4, 0.5) is 4.39 Å². The second kappa shape index (κ2) is 5.93.